The number of aromatic nitrogens is 4. The van der Waals surface area contributed by atoms with Gasteiger partial charge in [0.2, 0.25) is 4.77 Å². The second-order valence-electron chi connectivity index (χ2n) is 4.04. The minimum atomic E-state index is 0.501. The molecule has 2 N–H and O–H groups in total. The molecule has 0 atom stereocenters. The number of thioether (sulfide) groups is 1. The van der Waals surface area contributed by atoms with Gasteiger partial charge in [0, 0.05) is 11.7 Å². The van der Waals surface area contributed by atoms with E-state index < -0.39 is 0 Å². The minimum Gasteiger partial charge on any atom is -0.281 e. The summed E-state index contributed by atoms with van der Waals surface area (Å²) < 4.78 is 0.501. The van der Waals surface area contributed by atoms with Crippen molar-refractivity contribution in [2.75, 3.05) is 6.26 Å². The monoisotopic (exact) mass is 284 g/mol. The number of hydrogen-bond acceptors (Lipinski definition) is 5. The van der Waals surface area contributed by atoms with Crippen molar-refractivity contribution in [2.45, 2.75) is 24.5 Å². The van der Waals surface area contributed by atoms with Crippen LogP contribution in [0.15, 0.2) is 0 Å². The molecule has 17 heavy (non-hydrogen) atoms. The van der Waals surface area contributed by atoms with Gasteiger partial charge in [0.05, 0.1) is 10.6 Å². The predicted octanol–water partition coefficient (Wildman–Crippen LogP) is 3.33. The van der Waals surface area contributed by atoms with E-state index in [4.69, 9.17) is 17.2 Å². The molecule has 7 heteroatoms. The lowest BCUT2D eigenvalue weighted by atomic mass is 10.2. The highest BCUT2D eigenvalue weighted by atomic mass is 32.2. The van der Waals surface area contributed by atoms with Gasteiger partial charge in [0.1, 0.15) is 5.01 Å². The van der Waals surface area contributed by atoms with Crippen LogP contribution in [0.5, 0.6) is 0 Å². The van der Waals surface area contributed by atoms with Crippen molar-refractivity contribution in [1.82, 2.24) is 20.2 Å². The molecule has 0 amide bonds. The molecule has 0 unspecified atom stereocenters. The third-order valence-electron chi connectivity index (χ3n) is 2.65. The van der Waals surface area contributed by atoms with Crippen molar-refractivity contribution in [3.05, 3.63) is 15.5 Å². The highest BCUT2D eigenvalue weighted by molar-refractivity contribution is 7.97. The normalized spacial score (nSPS) is 15.4. The van der Waals surface area contributed by atoms with E-state index in [1.54, 1.807) is 23.1 Å². The summed E-state index contributed by atoms with van der Waals surface area (Å²) in [5.41, 5.74) is 1.21. The summed E-state index contributed by atoms with van der Waals surface area (Å²) in [5, 5.41) is 7.05. The number of aromatic amines is 2. The zero-order valence-electron chi connectivity index (χ0n) is 9.32. The fourth-order valence-corrected chi connectivity index (χ4v) is 3.68. The lowest BCUT2D eigenvalue weighted by molar-refractivity contribution is 1.02. The van der Waals surface area contributed by atoms with Gasteiger partial charge in [-0.2, -0.15) is 16.7 Å². The molecule has 0 aliphatic heterocycles. The Morgan fingerprint density at radius 3 is 2.82 bits per heavy atom. The third kappa shape index (κ3) is 2.31. The lowest BCUT2D eigenvalue weighted by Gasteiger charge is -1.94. The number of H-pyrrole nitrogens is 2. The maximum absolute atomic E-state index is 5.00. The Kier molecular flexibility index (Phi) is 3.06. The van der Waals surface area contributed by atoms with Crippen LogP contribution in [0.25, 0.3) is 10.7 Å². The molecule has 4 nitrogen and oxygen atoms in total. The van der Waals surface area contributed by atoms with Crippen LogP contribution < -0.4 is 0 Å². The summed E-state index contributed by atoms with van der Waals surface area (Å²) in [4.78, 5) is 10.2. The second kappa shape index (κ2) is 4.55. The zero-order chi connectivity index (χ0) is 11.8. The molecule has 1 saturated carbocycles. The molecular weight excluding hydrogens is 272 g/mol. The second-order valence-corrected chi connectivity index (χ2v) is 6.38. The van der Waals surface area contributed by atoms with E-state index in [0.29, 0.717) is 10.7 Å². The van der Waals surface area contributed by atoms with Gasteiger partial charge in [-0.3, -0.25) is 10.2 Å². The summed E-state index contributed by atoms with van der Waals surface area (Å²) in [6.07, 6.45) is 4.60. The summed E-state index contributed by atoms with van der Waals surface area (Å²) in [6, 6.07) is 0. The van der Waals surface area contributed by atoms with Gasteiger partial charge in [-0.15, -0.1) is 11.3 Å². The summed E-state index contributed by atoms with van der Waals surface area (Å²) in [6.45, 7) is 0. The van der Waals surface area contributed by atoms with E-state index in [2.05, 4.69) is 21.4 Å². The van der Waals surface area contributed by atoms with Crippen LogP contribution in [-0.2, 0) is 5.75 Å². The maximum Gasteiger partial charge on any atom is 0.213 e. The van der Waals surface area contributed by atoms with E-state index in [1.165, 1.54) is 23.5 Å². The number of hydrogen-bond donors (Lipinski definition) is 2. The molecule has 0 spiro atoms. The fraction of sp³-hybridized carbons (Fsp3) is 0.500. The highest BCUT2D eigenvalue weighted by Crippen LogP contribution is 2.45. The van der Waals surface area contributed by atoms with Gasteiger partial charge in [0.15, 0.2) is 5.82 Å². The molecule has 0 saturated heterocycles. The van der Waals surface area contributed by atoms with Crippen LogP contribution in [0.4, 0.5) is 0 Å². The molecule has 90 valence electrons. The van der Waals surface area contributed by atoms with Gasteiger partial charge in [0.25, 0.3) is 0 Å². The Morgan fingerprint density at radius 1 is 1.41 bits per heavy atom. The number of nitrogens with one attached hydrogen (secondary N) is 2. The molecule has 1 fully saturated rings. The van der Waals surface area contributed by atoms with Gasteiger partial charge in [-0.25, -0.2) is 4.98 Å². The van der Waals surface area contributed by atoms with E-state index in [9.17, 15) is 0 Å². The Bertz CT molecular complexity index is 578. The zero-order valence-corrected chi connectivity index (χ0v) is 11.8. The first-order valence-corrected chi connectivity index (χ1v) is 8.03. The summed E-state index contributed by atoms with van der Waals surface area (Å²) in [7, 11) is 0. The maximum atomic E-state index is 5.00. The molecule has 3 rings (SSSR count). The first kappa shape index (κ1) is 11.4. The third-order valence-corrected chi connectivity index (χ3v) is 4.66. The van der Waals surface area contributed by atoms with Gasteiger partial charge < -0.3 is 0 Å². The smallest absolute Gasteiger partial charge is 0.213 e. The average molecular weight is 284 g/mol. The lowest BCUT2D eigenvalue weighted by Crippen LogP contribution is -1.86. The Labute approximate surface area is 112 Å². The molecule has 2 aromatic rings. The number of nitrogens with zero attached hydrogens (tertiary/aromatic N) is 2. The fourth-order valence-electron chi connectivity index (χ4n) is 1.74. The van der Waals surface area contributed by atoms with Crippen LogP contribution in [0.2, 0.25) is 0 Å². The van der Waals surface area contributed by atoms with E-state index >= 15 is 0 Å². The molecule has 0 radical (unpaired) electrons. The quantitative estimate of drug-likeness (QED) is 0.846. The molecule has 0 bridgehead atoms. The first-order valence-electron chi connectivity index (χ1n) is 5.41. The SMILES string of the molecule is CSCc1nc(C2CC2)c(-c2nc(=S)[nH][nH]2)s1. The minimum absolute atomic E-state index is 0.501. The molecule has 0 aromatic carbocycles. The predicted molar refractivity (Wildman–Crippen MR) is 74.1 cm³/mol. The largest absolute Gasteiger partial charge is 0.281 e. The van der Waals surface area contributed by atoms with Crippen molar-refractivity contribution in [1.29, 1.82) is 0 Å². The van der Waals surface area contributed by atoms with Crippen molar-refractivity contribution >= 4 is 35.3 Å². The van der Waals surface area contributed by atoms with Gasteiger partial charge >= 0.3 is 0 Å². The van der Waals surface area contributed by atoms with Gasteiger partial charge in [-0.1, -0.05) is 0 Å². The van der Waals surface area contributed by atoms with E-state index in [0.717, 1.165) is 16.5 Å². The average Bonchev–Trinajstić information content (AvgIpc) is 2.93. The van der Waals surface area contributed by atoms with Crippen molar-refractivity contribution < 1.29 is 0 Å². The first-order chi connectivity index (χ1) is 8.28. The van der Waals surface area contributed by atoms with Crippen molar-refractivity contribution in [2.24, 2.45) is 0 Å². The molecule has 2 aromatic heterocycles. The van der Waals surface area contributed by atoms with Gasteiger partial charge in [-0.05, 0) is 31.3 Å². The van der Waals surface area contributed by atoms with Crippen LogP contribution in [0.3, 0.4) is 0 Å². The molecule has 1 aliphatic carbocycles. The van der Waals surface area contributed by atoms with Crippen molar-refractivity contribution in [3.63, 3.8) is 0 Å². The van der Waals surface area contributed by atoms with Crippen LogP contribution >= 0.6 is 35.3 Å². The standard InChI is InChI=1S/C10H12N4S3/c1-16-4-6-11-7(5-2-3-5)8(17-6)9-12-10(15)14-13-9/h5H,2-4H2,1H3,(H2,12,13,14,15). The van der Waals surface area contributed by atoms with Crippen molar-refractivity contribution in [3.8, 4) is 10.7 Å². The number of thiazole rings is 1. The van der Waals surface area contributed by atoms with Crippen LogP contribution in [0.1, 0.15) is 29.5 Å². The topological polar surface area (TPSA) is 57.4 Å². The summed E-state index contributed by atoms with van der Waals surface area (Å²) >= 11 is 8.52. The van der Waals surface area contributed by atoms with E-state index in [1.807, 2.05) is 0 Å². The Morgan fingerprint density at radius 2 is 2.24 bits per heavy atom. The van der Waals surface area contributed by atoms with Crippen LogP contribution in [0, 0.1) is 4.77 Å². The Hall–Kier alpha value is -0.660. The highest BCUT2D eigenvalue weighted by Gasteiger charge is 2.30. The van der Waals surface area contributed by atoms with E-state index in [-0.39, 0.29) is 0 Å². The number of rotatable bonds is 4. The van der Waals surface area contributed by atoms with Crippen LogP contribution in [-0.4, -0.2) is 26.4 Å². The molecular formula is C10H12N4S3. The molecule has 2 heterocycles. The summed E-state index contributed by atoms with van der Waals surface area (Å²) in [5.74, 6) is 2.44. The Balaban J connectivity index is 2.04. The molecule has 1 aliphatic rings.